The molecule has 0 saturated carbocycles. The molecule has 1 N–H and O–H groups in total. The third-order valence-electron chi connectivity index (χ3n) is 2.32. The van der Waals surface area contributed by atoms with Gasteiger partial charge in [-0.1, -0.05) is 18.2 Å². The van der Waals surface area contributed by atoms with E-state index >= 15 is 0 Å². The van der Waals surface area contributed by atoms with Gasteiger partial charge in [-0.25, -0.2) is 4.57 Å². The number of hydrogen-bond donors (Lipinski definition) is 1. The third-order valence-corrected chi connectivity index (χ3v) is 2.32. The van der Waals surface area contributed by atoms with Crippen LogP contribution in [0.5, 0.6) is 0 Å². The first-order chi connectivity index (χ1) is 6.90. The van der Waals surface area contributed by atoms with Crippen LogP contribution in [0, 0.1) is 0 Å². The summed E-state index contributed by atoms with van der Waals surface area (Å²) in [6.45, 7) is 1.13. The molecule has 0 saturated heterocycles. The van der Waals surface area contributed by atoms with Gasteiger partial charge in [0.1, 0.15) is 0 Å². The van der Waals surface area contributed by atoms with Gasteiger partial charge >= 0.3 is 0 Å². The molecule has 0 fully saturated rings. The Hall–Kier alpha value is -1.41. The first-order valence-electron chi connectivity index (χ1n) is 4.89. The van der Waals surface area contributed by atoms with Crippen LogP contribution >= 0.6 is 0 Å². The molecule has 0 amide bonds. The molecule has 2 aromatic rings. The highest BCUT2D eigenvalue weighted by molar-refractivity contribution is 5.80. The smallest absolute Gasteiger partial charge is 0.176 e. The molecular weight excluding hydrogens is 174 g/mol. The normalized spacial score (nSPS) is 10.6. The Labute approximate surface area is 83.4 Å². The number of pyridine rings is 1. The Kier molecular flexibility index (Phi) is 2.75. The molecule has 0 atom stereocenters. The molecule has 2 heteroatoms. The second kappa shape index (κ2) is 4.20. The summed E-state index contributed by atoms with van der Waals surface area (Å²) in [4.78, 5) is 0. The molecule has 0 radical (unpaired) electrons. The zero-order chi connectivity index (χ0) is 9.80. The molecule has 0 bridgehead atoms. The number of nitrogens with zero attached hydrogens (tertiary/aromatic N) is 1. The lowest BCUT2D eigenvalue weighted by atomic mass is 10.2. The van der Waals surface area contributed by atoms with Crippen molar-refractivity contribution in [1.82, 2.24) is 0 Å². The molecule has 1 aromatic carbocycles. The molecule has 2 rings (SSSR count). The monoisotopic (exact) mass is 188 g/mol. The van der Waals surface area contributed by atoms with Crippen LogP contribution in [0.25, 0.3) is 10.8 Å². The topological polar surface area (TPSA) is 24.1 Å². The van der Waals surface area contributed by atoms with Crippen LogP contribution < -0.4 is 4.57 Å². The average Bonchev–Trinajstić information content (AvgIpc) is 2.26. The number of aryl methyl sites for hydroxylation is 1. The number of aliphatic hydroxyl groups is 1. The van der Waals surface area contributed by atoms with Crippen molar-refractivity contribution in [3.63, 3.8) is 0 Å². The number of fused-ring (bicyclic) bond motifs is 1. The predicted molar refractivity (Wildman–Crippen MR) is 55.8 cm³/mol. The van der Waals surface area contributed by atoms with Gasteiger partial charge in [-0.3, -0.25) is 0 Å². The molecule has 0 unspecified atom stereocenters. The summed E-state index contributed by atoms with van der Waals surface area (Å²) in [5.41, 5.74) is 0. The standard InChI is InChI=1S/C12H14NO/c14-9-3-7-13-8-6-11-4-1-2-5-12(11)10-13/h1-2,4-6,8,10,14H,3,7,9H2/q+1. The van der Waals surface area contributed by atoms with E-state index in [1.807, 2.05) is 12.1 Å². The summed E-state index contributed by atoms with van der Waals surface area (Å²) >= 11 is 0. The molecule has 72 valence electrons. The van der Waals surface area contributed by atoms with E-state index in [2.05, 4.69) is 35.2 Å². The minimum absolute atomic E-state index is 0.250. The van der Waals surface area contributed by atoms with Gasteiger partial charge in [-0.05, 0) is 11.5 Å². The summed E-state index contributed by atoms with van der Waals surface area (Å²) in [7, 11) is 0. The molecule has 0 spiro atoms. The van der Waals surface area contributed by atoms with Gasteiger partial charge in [0.05, 0.1) is 0 Å². The molecule has 0 aliphatic carbocycles. The summed E-state index contributed by atoms with van der Waals surface area (Å²) in [6.07, 6.45) is 4.98. The largest absolute Gasteiger partial charge is 0.396 e. The molecule has 0 aliphatic heterocycles. The Bertz CT molecular complexity index is 425. The quantitative estimate of drug-likeness (QED) is 0.725. The van der Waals surface area contributed by atoms with Gasteiger partial charge in [0.15, 0.2) is 18.9 Å². The van der Waals surface area contributed by atoms with E-state index in [1.165, 1.54) is 10.8 Å². The highest BCUT2D eigenvalue weighted by Gasteiger charge is 2.01. The second-order valence-electron chi connectivity index (χ2n) is 3.39. The van der Waals surface area contributed by atoms with Crippen LogP contribution in [-0.4, -0.2) is 11.7 Å². The SMILES string of the molecule is OCCC[n+]1ccc2ccccc2c1. The number of hydrogen-bond acceptors (Lipinski definition) is 1. The van der Waals surface area contributed by atoms with E-state index in [-0.39, 0.29) is 6.61 Å². The van der Waals surface area contributed by atoms with Crippen LogP contribution in [0.4, 0.5) is 0 Å². The van der Waals surface area contributed by atoms with Crippen LogP contribution in [0.1, 0.15) is 6.42 Å². The number of benzene rings is 1. The van der Waals surface area contributed by atoms with Crippen LogP contribution in [0.3, 0.4) is 0 Å². The van der Waals surface area contributed by atoms with Crippen molar-refractivity contribution in [1.29, 1.82) is 0 Å². The minimum Gasteiger partial charge on any atom is -0.396 e. The fourth-order valence-electron chi connectivity index (χ4n) is 1.57. The van der Waals surface area contributed by atoms with Crippen LogP contribution in [-0.2, 0) is 6.54 Å². The molecule has 1 heterocycles. The Morgan fingerprint density at radius 2 is 1.86 bits per heavy atom. The van der Waals surface area contributed by atoms with Gasteiger partial charge in [-0.2, -0.15) is 0 Å². The van der Waals surface area contributed by atoms with Crippen molar-refractivity contribution < 1.29 is 9.67 Å². The van der Waals surface area contributed by atoms with E-state index < -0.39 is 0 Å². The second-order valence-corrected chi connectivity index (χ2v) is 3.39. The van der Waals surface area contributed by atoms with E-state index in [1.54, 1.807) is 0 Å². The lowest BCUT2D eigenvalue weighted by Crippen LogP contribution is -2.32. The van der Waals surface area contributed by atoms with Crippen molar-refractivity contribution in [3.8, 4) is 0 Å². The van der Waals surface area contributed by atoms with E-state index in [0.29, 0.717) is 0 Å². The van der Waals surface area contributed by atoms with Gasteiger partial charge in [0.25, 0.3) is 0 Å². The zero-order valence-corrected chi connectivity index (χ0v) is 8.06. The van der Waals surface area contributed by atoms with E-state index in [9.17, 15) is 0 Å². The Morgan fingerprint density at radius 1 is 1.07 bits per heavy atom. The van der Waals surface area contributed by atoms with Crippen LogP contribution in [0.2, 0.25) is 0 Å². The van der Waals surface area contributed by atoms with Gasteiger partial charge in [0.2, 0.25) is 0 Å². The summed E-state index contributed by atoms with van der Waals surface area (Å²) in [6, 6.07) is 10.4. The maximum absolute atomic E-state index is 8.73. The van der Waals surface area contributed by atoms with Crippen molar-refractivity contribution >= 4 is 10.8 Å². The highest BCUT2D eigenvalue weighted by Crippen LogP contribution is 2.09. The van der Waals surface area contributed by atoms with Crippen LogP contribution in [0.15, 0.2) is 42.7 Å². The third kappa shape index (κ3) is 1.91. The summed E-state index contributed by atoms with van der Waals surface area (Å²) < 4.78 is 2.11. The minimum atomic E-state index is 0.250. The van der Waals surface area contributed by atoms with Gasteiger partial charge in [0, 0.05) is 24.5 Å². The average molecular weight is 188 g/mol. The fourth-order valence-corrected chi connectivity index (χ4v) is 1.57. The zero-order valence-electron chi connectivity index (χ0n) is 8.06. The maximum Gasteiger partial charge on any atom is 0.176 e. The van der Waals surface area contributed by atoms with E-state index in [0.717, 1.165) is 13.0 Å². The molecule has 2 nitrogen and oxygen atoms in total. The Morgan fingerprint density at radius 3 is 2.64 bits per heavy atom. The van der Waals surface area contributed by atoms with Crippen molar-refractivity contribution in [3.05, 3.63) is 42.7 Å². The van der Waals surface area contributed by atoms with Crippen molar-refractivity contribution in [2.24, 2.45) is 0 Å². The molecular formula is C12H14NO+. The highest BCUT2D eigenvalue weighted by atomic mass is 16.3. The van der Waals surface area contributed by atoms with Crippen molar-refractivity contribution in [2.45, 2.75) is 13.0 Å². The number of aromatic nitrogens is 1. The molecule has 1 aromatic heterocycles. The fraction of sp³-hybridized carbons (Fsp3) is 0.250. The van der Waals surface area contributed by atoms with Crippen molar-refractivity contribution in [2.75, 3.05) is 6.61 Å². The van der Waals surface area contributed by atoms with Gasteiger partial charge < -0.3 is 5.11 Å². The molecule has 0 aliphatic rings. The lowest BCUT2D eigenvalue weighted by Gasteiger charge is -1.97. The lowest BCUT2D eigenvalue weighted by molar-refractivity contribution is -0.696. The predicted octanol–water partition coefficient (Wildman–Crippen LogP) is 1.51. The Balaban J connectivity index is 2.32. The number of aliphatic hydroxyl groups excluding tert-OH is 1. The summed E-state index contributed by atoms with van der Waals surface area (Å²) in [5.74, 6) is 0. The van der Waals surface area contributed by atoms with E-state index in [4.69, 9.17) is 5.11 Å². The molecule has 14 heavy (non-hydrogen) atoms. The van der Waals surface area contributed by atoms with Gasteiger partial charge in [-0.15, -0.1) is 0 Å². The first-order valence-corrected chi connectivity index (χ1v) is 4.89. The first kappa shape index (κ1) is 9.16. The summed E-state index contributed by atoms with van der Waals surface area (Å²) in [5, 5.41) is 11.2. The maximum atomic E-state index is 8.73. The number of rotatable bonds is 3.